The van der Waals surface area contributed by atoms with E-state index in [0.717, 1.165) is 10.0 Å². The smallest absolute Gasteiger partial charge is 0.223 e. The summed E-state index contributed by atoms with van der Waals surface area (Å²) in [6.07, 6.45) is 0.481. The van der Waals surface area contributed by atoms with Gasteiger partial charge in [-0.1, -0.05) is 27.1 Å². The van der Waals surface area contributed by atoms with Gasteiger partial charge >= 0.3 is 0 Å². The Bertz CT molecular complexity index is 539. The Balaban J connectivity index is 2.03. The summed E-state index contributed by atoms with van der Waals surface area (Å²) in [6, 6.07) is 6.07. The lowest BCUT2D eigenvalue weighted by Crippen LogP contribution is -2.25. The molecule has 0 spiro atoms. The molecule has 19 heavy (non-hydrogen) atoms. The van der Waals surface area contributed by atoms with Crippen molar-refractivity contribution in [3.05, 3.63) is 44.2 Å². The van der Waals surface area contributed by atoms with Gasteiger partial charge in [-0.15, -0.1) is 0 Å². The van der Waals surface area contributed by atoms with E-state index in [1.54, 1.807) is 0 Å². The van der Waals surface area contributed by atoms with E-state index in [1.165, 1.54) is 5.56 Å². The maximum atomic E-state index is 11.9. The Morgan fingerprint density at radius 2 is 2.37 bits per heavy atom. The average molecular weight is 323 g/mol. The van der Waals surface area contributed by atoms with Crippen LogP contribution in [0.15, 0.2) is 27.8 Å². The van der Waals surface area contributed by atoms with Crippen molar-refractivity contribution in [1.29, 1.82) is 0 Å². The van der Waals surface area contributed by atoms with Crippen molar-refractivity contribution in [1.82, 2.24) is 4.90 Å². The molecular weight excluding hydrogens is 308 g/mol. The third kappa shape index (κ3) is 3.49. The van der Waals surface area contributed by atoms with Gasteiger partial charge in [0.05, 0.1) is 0 Å². The second kappa shape index (κ2) is 6.08. The summed E-state index contributed by atoms with van der Waals surface area (Å²) in [7, 11) is 0. The number of rotatable bonds is 4. The molecule has 0 aromatic heterocycles. The molecule has 1 unspecified atom stereocenters. The number of amides is 1. The molecule has 1 fully saturated rings. The zero-order valence-corrected chi connectivity index (χ0v) is 12.3. The van der Waals surface area contributed by atoms with E-state index in [4.69, 9.17) is 5.53 Å². The lowest BCUT2D eigenvalue weighted by Gasteiger charge is -2.18. The topological polar surface area (TPSA) is 69.1 Å². The molecule has 1 aromatic carbocycles. The third-order valence-electron chi connectivity index (χ3n) is 3.36. The summed E-state index contributed by atoms with van der Waals surface area (Å²) < 4.78 is 1.04. The molecule has 5 nitrogen and oxygen atoms in total. The monoisotopic (exact) mass is 322 g/mol. The van der Waals surface area contributed by atoms with Gasteiger partial charge in [0.15, 0.2) is 0 Å². The van der Waals surface area contributed by atoms with Gasteiger partial charge in [0.25, 0.3) is 0 Å². The fourth-order valence-electron chi connectivity index (χ4n) is 2.32. The summed E-state index contributed by atoms with van der Waals surface area (Å²) in [6.45, 7) is 3.74. The fourth-order valence-corrected chi connectivity index (χ4v) is 2.80. The first kappa shape index (κ1) is 13.9. The Morgan fingerprint density at radius 1 is 1.58 bits per heavy atom. The first-order valence-corrected chi connectivity index (χ1v) is 6.93. The number of likely N-dealkylation sites (tertiary alicyclic amines) is 1. The Kier molecular flexibility index (Phi) is 4.45. The highest BCUT2D eigenvalue weighted by Crippen LogP contribution is 2.23. The van der Waals surface area contributed by atoms with Crippen LogP contribution < -0.4 is 0 Å². The second-order valence-corrected chi connectivity index (χ2v) is 5.74. The summed E-state index contributed by atoms with van der Waals surface area (Å²) in [4.78, 5) is 16.5. The molecule has 0 bridgehead atoms. The Morgan fingerprint density at radius 3 is 3.05 bits per heavy atom. The summed E-state index contributed by atoms with van der Waals surface area (Å²) in [5.74, 6) is 0.291. The zero-order valence-electron chi connectivity index (χ0n) is 10.7. The molecule has 1 saturated heterocycles. The van der Waals surface area contributed by atoms with Crippen molar-refractivity contribution in [2.24, 2.45) is 11.0 Å². The standard InChI is InChI=1S/C13H15BrN4O/c1-9-4-12(14)3-2-11(9)8-18-7-10(5-13(18)19)6-16-17-15/h2-4,10H,5-8H2,1H3. The van der Waals surface area contributed by atoms with E-state index in [2.05, 4.69) is 26.0 Å². The summed E-state index contributed by atoms with van der Waals surface area (Å²) >= 11 is 3.43. The van der Waals surface area contributed by atoms with E-state index >= 15 is 0 Å². The van der Waals surface area contributed by atoms with Crippen LogP contribution in [0.5, 0.6) is 0 Å². The van der Waals surface area contributed by atoms with Crippen LogP contribution in [0, 0.1) is 12.8 Å². The molecule has 1 heterocycles. The molecule has 0 aliphatic carbocycles. The fraction of sp³-hybridized carbons (Fsp3) is 0.462. The quantitative estimate of drug-likeness (QED) is 0.475. The van der Waals surface area contributed by atoms with Crippen molar-refractivity contribution in [2.75, 3.05) is 13.1 Å². The van der Waals surface area contributed by atoms with Crippen molar-refractivity contribution in [3.8, 4) is 0 Å². The molecule has 1 aliphatic rings. The predicted octanol–water partition coefficient (Wildman–Crippen LogP) is 3.42. The number of carbonyl (C=O) groups excluding carboxylic acids is 1. The number of aryl methyl sites for hydroxylation is 1. The van der Waals surface area contributed by atoms with Crippen LogP contribution in [0.1, 0.15) is 17.5 Å². The molecule has 2 rings (SSSR count). The number of halogens is 1. The molecule has 0 N–H and O–H groups in total. The largest absolute Gasteiger partial charge is 0.338 e. The van der Waals surface area contributed by atoms with Crippen LogP contribution in [0.25, 0.3) is 10.4 Å². The van der Waals surface area contributed by atoms with Crippen molar-refractivity contribution < 1.29 is 4.79 Å². The SMILES string of the molecule is Cc1cc(Br)ccc1CN1CC(CN=[N+]=[N-])CC1=O. The highest BCUT2D eigenvalue weighted by molar-refractivity contribution is 9.10. The van der Waals surface area contributed by atoms with E-state index in [0.29, 0.717) is 26.1 Å². The highest BCUT2D eigenvalue weighted by Gasteiger charge is 2.29. The first-order valence-electron chi connectivity index (χ1n) is 6.14. The molecule has 1 amide bonds. The van der Waals surface area contributed by atoms with Crippen molar-refractivity contribution in [2.45, 2.75) is 19.9 Å². The summed E-state index contributed by atoms with van der Waals surface area (Å²) in [5.41, 5.74) is 10.6. The van der Waals surface area contributed by atoms with Crippen molar-refractivity contribution in [3.63, 3.8) is 0 Å². The van der Waals surface area contributed by atoms with Crippen LogP contribution in [-0.2, 0) is 11.3 Å². The van der Waals surface area contributed by atoms with Gasteiger partial charge in [-0.05, 0) is 41.6 Å². The lowest BCUT2D eigenvalue weighted by molar-refractivity contribution is -0.128. The molecule has 0 saturated carbocycles. The lowest BCUT2D eigenvalue weighted by atomic mass is 10.1. The van der Waals surface area contributed by atoms with Gasteiger partial charge < -0.3 is 4.90 Å². The molecule has 1 atom stereocenters. The van der Waals surface area contributed by atoms with Crippen LogP contribution in [0.3, 0.4) is 0 Å². The minimum absolute atomic E-state index is 0.139. The first-order chi connectivity index (χ1) is 9.10. The normalized spacial score (nSPS) is 18.5. The van der Waals surface area contributed by atoms with Crippen LogP contribution in [-0.4, -0.2) is 23.9 Å². The van der Waals surface area contributed by atoms with Gasteiger partial charge in [-0.2, -0.15) is 0 Å². The average Bonchev–Trinajstić information content (AvgIpc) is 2.71. The Labute approximate surface area is 120 Å². The minimum atomic E-state index is 0.139. The second-order valence-electron chi connectivity index (χ2n) is 4.83. The van der Waals surface area contributed by atoms with Gasteiger partial charge in [0.2, 0.25) is 5.91 Å². The number of azide groups is 1. The maximum Gasteiger partial charge on any atom is 0.223 e. The predicted molar refractivity (Wildman–Crippen MR) is 76.4 cm³/mol. The molecular formula is C13H15BrN4O. The number of benzene rings is 1. The highest BCUT2D eigenvalue weighted by atomic mass is 79.9. The van der Waals surface area contributed by atoms with Crippen molar-refractivity contribution >= 4 is 21.8 Å². The maximum absolute atomic E-state index is 11.9. The van der Waals surface area contributed by atoms with E-state index < -0.39 is 0 Å². The van der Waals surface area contributed by atoms with E-state index in [9.17, 15) is 4.79 Å². The number of nitrogens with zero attached hydrogens (tertiary/aromatic N) is 4. The molecule has 1 aromatic rings. The number of hydrogen-bond acceptors (Lipinski definition) is 2. The molecule has 1 aliphatic heterocycles. The number of hydrogen-bond donors (Lipinski definition) is 0. The van der Waals surface area contributed by atoms with Crippen LogP contribution in [0.4, 0.5) is 0 Å². The third-order valence-corrected chi connectivity index (χ3v) is 3.86. The van der Waals surface area contributed by atoms with Gasteiger partial charge in [0.1, 0.15) is 0 Å². The molecule has 0 radical (unpaired) electrons. The van der Waals surface area contributed by atoms with Gasteiger partial charge in [-0.25, -0.2) is 0 Å². The summed E-state index contributed by atoms with van der Waals surface area (Å²) in [5, 5.41) is 3.55. The minimum Gasteiger partial charge on any atom is -0.338 e. The Hall–Kier alpha value is -1.52. The van der Waals surface area contributed by atoms with Gasteiger partial charge in [-0.3, -0.25) is 4.79 Å². The number of carbonyl (C=O) groups is 1. The van der Waals surface area contributed by atoms with E-state index in [-0.39, 0.29) is 11.8 Å². The van der Waals surface area contributed by atoms with Gasteiger partial charge in [0, 0.05) is 35.4 Å². The zero-order chi connectivity index (χ0) is 13.8. The molecule has 6 heteroatoms. The molecule has 100 valence electrons. The van der Waals surface area contributed by atoms with Crippen LogP contribution >= 0.6 is 15.9 Å². The van der Waals surface area contributed by atoms with Crippen LogP contribution in [0.2, 0.25) is 0 Å². The van der Waals surface area contributed by atoms with E-state index in [1.807, 2.05) is 30.0 Å².